The first kappa shape index (κ1) is 22.0. The van der Waals surface area contributed by atoms with Gasteiger partial charge in [0.05, 0.1) is 12.4 Å². The molecular weight excluding hydrogens is 424 g/mol. The predicted molar refractivity (Wildman–Crippen MR) is 116 cm³/mol. The molecule has 0 spiro atoms. The number of nitrogens with zero attached hydrogens (tertiary/aromatic N) is 5. The summed E-state index contributed by atoms with van der Waals surface area (Å²) in [6.07, 6.45) is -0.350. The van der Waals surface area contributed by atoms with Crippen LogP contribution in [0.3, 0.4) is 0 Å². The van der Waals surface area contributed by atoms with Gasteiger partial charge in [-0.25, -0.2) is 0 Å². The maximum Gasteiger partial charge on any atom is 0.239 e. The molecule has 2 heterocycles. The lowest BCUT2D eigenvalue weighted by Crippen LogP contribution is -2.23. The number of hydrogen-bond acceptors (Lipinski definition) is 9. The maximum atomic E-state index is 12.5. The fourth-order valence-electron chi connectivity index (χ4n) is 2.71. The van der Waals surface area contributed by atoms with E-state index in [1.54, 1.807) is 7.11 Å². The van der Waals surface area contributed by atoms with Crippen molar-refractivity contribution < 1.29 is 14.3 Å². The fourth-order valence-corrected chi connectivity index (χ4v) is 4.22. The molecule has 1 N–H and O–H groups in total. The summed E-state index contributed by atoms with van der Waals surface area (Å²) < 4.78 is 13.4. The molecule has 1 amide bonds. The Morgan fingerprint density at radius 2 is 1.93 bits per heavy atom. The zero-order chi connectivity index (χ0) is 21.7. The molecule has 2 unspecified atom stereocenters. The Hall–Kier alpha value is -2.66. The molecular formula is C19H24N6O3S2. The SMILES string of the molecule is CCn1c(SC(C)C(=O)Nc2nnc(C)s2)nnc1C(C)Oc1ccccc1OC. The highest BCUT2D eigenvalue weighted by atomic mass is 32.2. The molecule has 1 aromatic carbocycles. The summed E-state index contributed by atoms with van der Waals surface area (Å²) in [7, 11) is 1.60. The highest BCUT2D eigenvalue weighted by molar-refractivity contribution is 8.00. The minimum absolute atomic E-state index is 0.165. The monoisotopic (exact) mass is 448 g/mol. The third kappa shape index (κ3) is 5.08. The number of aromatic nitrogens is 5. The summed E-state index contributed by atoms with van der Waals surface area (Å²) in [5.74, 6) is 1.80. The van der Waals surface area contributed by atoms with Gasteiger partial charge in [0.2, 0.25) is 11.0 Å². The van der Waals surface area contributed by atoms with Crippen molar-refractivity contribution in [1.29, 1.82) is 0 Å². The van der Waals surface area contributed by atoms with Crippen LogP contribution in [0.5, 0.6) is 11.5 Å². The van der Waals surface area contributed by atoms with Gasteiger partial charge in [-0.3, -0.25) is 10.1 Å². The van der Waals surface area contributed by atoms with E-state index in [1.807, 2.05) is 56.5 Å². The number of carbonyl (C=O) groups excluding carboxylic acids is 1. The number of carbonyl (C=O) groups is 1. The number of methoxy groups -OCH3 is 1. The summed E-state index contributed by atoms with van der Waals surface area (Å²) in [4.78, 5) is 12.5. The first-order chi connectivity index (χ1) is 14.4. The van der Waals surface area contributed by atoms with E-state index in [0.717, 1.165) is 5.01 Å². The Kier molecular flexibility index (Phi) is 7.27. The number of para-hydroxylation sites is 2. The van der Waals surface area contributed by atoms with Crippen molar-refractivity contribution in [1.82, 2.24) is 25.0 Å². The third-order valence-electron chi connectivity index (χ3n) is 4.21. The number of nitrogens with one attached hydrogen (secondary N) is 1. The average Bonchev–Trinajstić information content (AvgIpc) is 3.33. The summed E-state index contributed by atoms with van der Waals surface area (Å²) in [5, 5.41) is 20.8. The standard InChI is InChI=1S/C19H24N6O3S2/c1-6-25-16(11(2)28-15-10-8-7-9-14(15)27-5)22-24-19(25)29-12(3)17(26)20-18-23-21-13(4)30-18/h7-12H,6H2,1-5H3,(H,20,23,26). The van der Waals surface area contributed by atoms with Crippen LogP contribution in [-0.2, 0) is 11.3 Å². The minimum Gasteiger partial charge on any atom is -0.493 e. The van der Waals surface area contributed by atoms with Crippen LogP contribution in [0.15, 0.2) is 29.4 Å². The van der Waals surface area contributed by atoms with Crippen LogP contribution < -0.4 is 14.8 Å². The van der Waals surface area contributed by atoms with Crippen molar-refractivity contribution in [2.45, 2.75) is 50.8 Å². The van der Waals surface area contributed by atoms with E-state index >= 15 is 0 Å². The molecule has 160 valence electrons. The van der Waals surface area contributed by atoms with Crippen LogP contribution in [0.4, 0.5) is 5.13 Å². The zero-order valence-corrected chi connectivity index (χ0v) is 19.1. The van der Waals surface area contributed by atoms with Gasteiger partial charge in [0.1, 0.15) is 5.01 Å². The molecule has 2 atom stereocenters. The van der Waals surface area contributed by atoms with Crippen molar-refractivity contribution >= 4 is 34.1 Å². The summed E-state index contributed by atoms with van der Waals surface area (Å²) in [6, 6.07) is 7.46. The molecule has 30 heavy (non-hydrogen) atoms. The van der Waals surface area contributed by atoms with E-state index in [1.165, 1.54) is 23.1 Å². The van der Waals surface area contributed by atoms with Gasteiger partial charge in [-0.1, -0.05) is 35.2 Å². The predicted octanol–water partition coefficient (Wildman–Crippen LogP) is 3.73. The summed E-state index contributed by atoms with van der Waals surface area (Å²) in [6.45, 7) is 8.21. The number of ether oxygens (including phenoxy) is 2. The number of rotatable bonds is 9. The van der Waals surface area contributed by atoms with Crippen LogP contribution in [0, 0.1) is 6.92 Å². The van der Waals surface area contributed by atoms with Gasteiger partial charge >= 0.3 is 0 Å². The molecule has 0 fully saturated rings. The quantitative estimate of drug-likeness (QED) is 0.494. The molecule has 0 saturated heterocycles. The second-order valence-electron chi connectivity index (χ2n) is 6.37. The number of hydrogen-bond donors (Lipinski definition) is 1. The highest BCUT2D eigenvalue weighted by Crippen LogP contribution is 2.32. The van der Waals surface area contributed by atoms with E-state index in [4.69, 9.17) is 9.47 Å². The molecule has 9 nitrogen and oxygen atoms in total. The van der Waals surface area contributed by atoms with Gasteiger partial charge in [-0.2, -0.15) is 0 Å². The summed E-state index contributed by atoms with van der Waals surface area (Å²) in [5.41, 5.74) is 0. The zero-order valence-electron chi connectivity index (χ0n) is 17.4. The largest absolute Gasteiger partial charge is 0.493 e. The van der Waals surface area contributed by atoms with Gasteiger partial charge in [0, 0.05) is 6.54 Å². The second kappa shape index (κ2) is 9.90. The average molecular weight is 449 g/mol. The topological polar surface area (TPSA) is 104 Å². The Bertz CT molecular complexity index is 1010. The normalized spacial score (nSPS) is 13.0. The lowest BCUT2D eigenvalue weighted by atomic mass is 10.3. The van der Waals surface area contributed by atoms with Crippen molar-refractivity contribution in [3.8, 4) is 11.5 Å². The highest BCUT2D eigenvalue weighted by Gasteiger charge is 2.24. The number of amides is 1. The van der Waals surface area contributed by atoms with E-state index in [-0.39, 0.29) is 17.3 Å². The lowest BCUT2D eigenvalue weighted by molar-refractivity contribution is -0.115. The molecule has 3 rings (SSSR count). The minimum atomic E-state index is -0.387. The van der Waals surface area contributed by atoms with Crippen LogP contribution in [0.1, 0.15) is 37.7 Å². The number of thioether (sulfide) groups is 1. The van der Waals surface area contributed by atoms with Crippen molar-refractivity contribution in [2.24, 2.45) is 0 Å². The van der Waals surface area contributed by atoms with Gasteiger partial charge < -0.3 is 14.0 Å². The Labute approximate surface area is 183 Å². The molecule has 2 aromatic heterocycles. The van der Waals surface area contributed by atoms with Gasteiger partial charge in [-0.15, -0.1) is 20.4 Å². The molecule has 11 heteroatoms. The Morgan fingerprint density at radius 1 is 1.20 bits per heavy atom. The van der Waals surface area contributed by atoms with Crippen LogP contribution in [-0.4, -0.2) is 43.2 Å². The first-order valence-corrected chi connectivity index (χ1v) is 11.1. The summed E-state index contributed by atoms with van der Waals surface area (Å²) >= 11 is 2.67. The van der Waals surface area contributed by atoms with Crippen molar-refractivity contribution in [2.75, 3.05) is 12.4 Å². The Balaban J connectivity index is 1.70. The van der Waals surface area contributed by atoms with Crippen molar-refractivity contribution in [3.05, 3.63) is 35.1 Å². The second-order valence-corrected chi connectivity index (χ2v) is 8.86. The van der Waals surface area contributed by atoms with Gasteiger partial charge in [0.25, 0.3) is 0 Å². The molecule has 0 aliphatic rings. The van der Waals surface area contributed by atoms with E-state index in [9.17, 15) is 4.79 Å². The third-order valence-corrected chi connectivity index (χ3v) is 6.04. The molecule has 0 bridgehead atoms. The number of benzene rings is 1. The van der Waals surface area contributed by atoms with Crippen molar-refractivity contribution in [3.63, 3.8) is 0 Å². The Morgan fingerprint density at radius 3 is 2.57 bits per heavy atom. The molecule has 0 aliphatic carbocycles. The molecule has 0 aliphatic heterocycles. The van der Waals surface area contributed by atoms with E-state index < -0.39 is 0 Å². The number of anilines is 1. The maximum absolute atomic E-state index is 12.5. The fraction of sp³-hybridized carbons (Fsp3) is 0.421. The van der Waals surface area contributed by atoms with Gasteiger partial charge in [0.15, 0.2) is 28.6 Å². The van der Waals surface area contributed by atoms with Gasteiger partial charge in [-0.05, 0) is 39.8 Å². The van der Waals surface area contributed by atoms with E-state index in [0.29, 0.717) is 34.2 Å². The van der Waals surface area contributed by atoms with E-state index in [2.05, 4.69) is 25.7 Å². The van der Waals surface area contributed by atoms with Crippen LogP contribution in [0.2, 0.25) is 0 Å². The lowest BCUT2D eigenvalue weighted by Gasteiger charge is -2.17. The van der Waals surface area contributed by atoms with Crippen LogP contribution in [0.25, 0.3) is 0 Å². The molecule has 0 saturated carbocycles. The number of aryl methyl sites for hydroxylation is 1. The smallest absolute Gasteiger partial charge is 0.239 e. The van der Waals surface area contributed by atoms with Crippen LogP contribution >= 0.6 is 23.1 Å². The molecule has 0 radical (unpaired) electrons. The molecule has 3 aromatic rings. The first-order valence-electron chi connectivity index (χ1n) is 9.43.